The molecule has 2 rings (SSSR count). The molecule has 1 atom stereocenters. The fraction of sp³-hybridized carbons (Fsp3) is 0.467. The molecule has 108 valence electrons. The Labute approximate surface area is 120 Å². The zero-order chi connectivity index (χ0) is 14.4. The highest BCUT2D eigenvalue weighted by Gasteiger charge is 2.10. The normalized spacial score (nSPS) is 12.3. The average Bonchev–Trinajstić information content (AvgIpc) is 2.85. The monoisotopic (exact) mass is 274 g/mol. The predicted octanol–water partition coefficient (Wildman–Crippen LogP) is 3.06. The van der Waals surface area contributed by atoms with Crippen molar-refractivity contribution in [3.63, 3.8) is 0 Å². The van der Waals surface area contributed by atoms with Crippen LogP contribution in [-0.4, -0.2) is 21.3 Å². The van der Waals surface area contributed by atoms with Gasteiger partial charge in [-0.05, 0) is 37.1 Å². The van der Waals surface area contributed by atoms with Crippen LogP contribution in [0.3, 0.4) is 0 Å². The van der Waals surface area contributed by atoms with Crippen LogP contribution in [0.4, 0.5) is 0 Å². The number of rotatable bonds is 7. The molecular formula is C15H22N4O. The molecule has 0 aliphatic rings. The summed E-state index contributed by atoms with van der Waals surface area (Å²) < 4.78 is 7.29. The first-order valence-electron chi connectivity index (χ1n) is 7.09. The third-order valence-corrected chi connectivity index (χ3v) is 3.10. The fourth-order valence-corrected chi connectivity index (χ4v) is 2.08. The van der Waals surface area contributed by atoms with Crippen LogP contribution in [0.15, 0.2) is 30.6 Å². The van der Waals surface area contributed by atoms with E-state index in [-0.39, 0.29) is 0 Å². The second-order valence-corrected chi connectivity index (χ2v) is 4.79. The third-order valence-electron chi connectivity index (χ3n) is 3.10. The number of aromatic nitrogens is 3. The molecule has 1 N–H and O–H groups in total. The van der Waals surface area contributed by atoms with Crippen molar-refractivity contribution in [2.75, 3.05) is 6.54 Å². The quantitative estimate of drug-likeness (QED) is 0.843. The molecule has 0 fully saturated rings. The third kappa shape index (κ3) is 3.81. The lowest BCUT2D eigenvalue weighted by molar-refractivity contribution is 0.436. The number of benzene rings is 1. The van der Waals surface area contributed by atoms with E-state index in [1.807, 2.05) is 25.2 Å². The summed E-state index contributed by atoms with van der Waals surface area (Å²) in [4.78, 5) is 4.07. The highest BCUT2D eigenvalue weighted by molar-refractivity contribution is 5.32. The highest BCUT2D eigenvalue weighted by atomic mass is 16.5. The topological polar surface area (TPSA) is 52.0 Å². The van der Waals surface area contributed by atoms with Crippen LogP contribution in [0.1, 0.15) is 38.3 Å². The van der Waals surface area contributed by atoms with Gasteiger partial charge in [0.25, 0.3) is 0 Å². The number of aryl methyl sites for hydroxylation is 1. The maximum absolute atomic E-state index is 5.67. The number of ether oxygens (including phenoxy) is 1. The van der Waals surface area contributed by atoms with Crippen molar-refractivity contribution in [2.45, 2.75) is 32.7 Å². The van der Waals surface area contributed by atoms with Gasteiger partial charge in [-0.2, -0.15) is 4.98 Å². The van der Waals surface area contributed by atoms with Crippen molar-refractivity contribution in [3.05, 3.63) is 36.2 Å². The molecular weight excluding hydrogens is 252 g/mol. The number of hydrogen-bond acceptors (Lipinski definition) is 4. The molecule has 0 saturated carbocycles. The van der Waals surface area contributed by atoms with Gasteiger partial charge >= 0.3 is 6.01 Å². The van der Waals surface area contributed by atoms with Crippen molar-refractivity contribution >= 4 is 0 Å². The van der Waals surface area contributed by atoms with E-state index < -0.39 is 0 Å². The van der Waals surface area contributed by atoms with E-state index in [0.717, 1.165) is 25.1 Å². The Hall–Kier alpha value is -1.88. The molecule has 1 unspecified atom stereocenters. The fourth-order valence-electron chi connectivity index (χ4n) is 2.08. The van der Waals surface area contributed by atoms with E-state index in [2.05, 4.69) is 35.3 Å². The first-order valence-corrected chi connectivity index (χ1v) is 7.09. The zero-order valence-corrected chi connectivity index (χ0v) is 12.3. The van der Waals surface area contributed by atoms with E-state index in [4.69, 9.17) is 4.74 Å². The van der Waals surface area contributed by atoms with Crippen molar-refractivity contribution in [1.82, 2.24) is 20.1 Å². The van der Waals surface area contributed by atoms with Crippen LogP contribution in [0.2, 0.25) is 0 Å². The molecule has 20 heavy (non-hydrogen) atoms. The SMILES string of the molecule is CCCNC(CC)c1cccc(Oc2ncn(C)n2)c1. The Balaban J connectivity index is 2.10. The Morgan fingerprint density at radius 1 is 1.35 bits per heavy atom. The van der Waals surface area contributed by atoms with Gasteiger partial charge < -0.3 is 10.1 Å². The standard InChI is InChI=1S/C15H22N4O/c1-4-9-16-14(5-2)12-7-6-8-13(10-12)20-15-17-11-19(3)18-15/h6-8,10-11,14,16H,4-5,9H2,1-3H3. The van der Waals surface area contributed by atoms with Crippen molar-refractivity contribution < 1.29 is 4.74 Å². The second kappa shape index (κ2) is 7.05. The van der Waals surface area contributed by atoms with E-state index in [9.17, 15) is 0 Å². The Kier molecular flexibility index (Phi) is 5.12. The summed E-state index contributed by atoms with van der Waals surface area (Å²) in [5.74, 6) is 0.769. The Bertz CT molecular complexity index is 538. The minimum atomic E-state index is 0.357. The summed E-state index contributed by atoms with van der Waals surface area (Å²) in [6.45, 7) is 5.37. The van der Waals surface area contributed by atoms with Gasteiger partial charge in [-0.3, -0.25) is 4.68 Å². The van der Waals surface area contributed by atoms with Crippen LogP contribution in [0, 0.1) is 0 Å². The van der Waals surface area contributed by atoms with Gasteiger partial charge in [-0.15, -0.1) is 5.10 Å². The van der Waals surface area contributed by atoms with Gasteiger partial charge in [0.05, 0.1) is 0 Å². The van der Waals surface area contributed by atoms with Gasteiger partial charge in [-0.25, -0.2) is 0 Å². The molecule has 2 aromatic rings. The molecule has 1 aromatic heterocycles. The summed E-state index contributed by atoms with van der Waals surface area (Å²) in [5, 5.41) is 7.66. The van der Waals surface area contributed by atoms with Crippen LogP contribution >= 0.6 is 0 Å². The highest BCUT2D eigenvalue weighted by Crippen LogP contribution is 2.24. The van der Waals surface area contributed by atoms with Crippen molar-refractivity contribution in [2.24, 2.45) is 7.05 Å². The predicted molar refractivity (Wildman–Crippen MR) is 78.8 cm³/mol. The molecule has 0 radical (unpaired) electrons. The lowest BCUT2D eigenvalue weighted by atomic mass is 10.0. The second-order valence-electron chi connectivity index (χ2n) is 4.79. The maximum Gasteiger partial charge on any atom is 0.340 e. The minimum Gasteiger partial charge on any atom is -0.423 e. The maximum atomic E-state index is 5.67. The summed E-state index contributed by atoms with van der Waals surface area (Å²) in [6.07, 6.45) is 3.80. The summed E-state index contributed by atoms with van der Waals surface area (Å²) >= 11 is 0. The molecule has 0 aliphatic heterocycles. The average molecular weight is 274 g/mol. The summed E-state index contributed by atoms with van der Waals surface area (Å²) in [6, 6.07) is 8.83. The van der Waals surface area contributed by atoms with E-state index in [1.54, 1.807) is 11.0 Å². The van der Waals surface area contributed by atoms with Gasteiger partial charge in [0, 0.05) is 13.1 Å². The van der Waals surface area contributed by atoms with E-state index in [0.29, 0.717) is 12.1 Å². The van der Waals surface area contributed by atoms with Crippen LogP contribution in [0.5, 0.6) is 11.8 Å². The van der Waals surface area contributed by atoms with Crippen molar-refractivity contribution in [3.8, 4) is 11.8 Å². The minimum absolute atomic E-state index is 0.357. The van der Waals surface area contributed by atoms with E-state index >= 15 is 0 Å². The molecule has 0 bridgehead atoms. The number of nitrogens with one attached hydrogen (secondary N) is 1. The molecule has 5 heteroatoms. The van der Waals surface area contributed by atoms with Gasteiger partial charge in [0.2, 0.25) is 0 Å². The van der Waals surface area contributed by atoms with Crippen LogP contribution in [0.25, 0.3) is 0 Å². The molecule has 1 heterocycles. The largest absolute Gasteiger partial charge is 0.423 e. The summed E-state index contributed by atoms with van der Waals surface area (Å²) in [5.41, 5.74) is 1.23. The summed E-state index contributed by atoms with van der Waals surface area (Å²) in [7, 11) is 1.82. The van der Waals surface area contributed by atoms with Gasteiger partial charge in [0.15, 0.2) is 0 Å². The number of nitrogens with zero attached hydrogens (tertiary/aromatic N) is 3. The molecule has 0 spiro atoms. The molecule has 0 saturated heterocycles. The van der Waals surface area contributed by atoms with Crippen LogP contribution in [-0.2, 0) is 7.05 Å². The first kappa shape index (κ1) is 14.5. The number of hydrogen-bond donors (Lipinski definition) is 1. The molecule has 0 aliphatic carbocycles. The molecule has 5 nitrogen and oxygen atoms in total. The van der Waals surface area contributed by atoms with Crippen molar-refractivity contribution in [1.29, 1.82) is 0 Å². The molecule has 1 aromatic carbocycles. The van der Waals surface area contributed by atoms with Gasteiger partial charge in [0.1, 0.15) is 12.1 Å². The van der Waals surface area contributed by atoms with Crippen LogP contribution < -0.4 is 10.1 Å². The first-order chi connectivity index (χ1) is 9.72. The Morgan fingerprint density at radius 2 is 2.20 bits per heavy atom. The Morgan fingerprint density at radius 3 is 2.85 bits per heavy atom. The smallest absolute Gasteiger partial charge is 0.340 e. The molecule has 0 amide bonds. The van der Waals surface area contributed by atoms with Gasteiger partial charge in [-0.1, -0.05) is 26.0 Å². The lowest BCUT2D eigenvalue weighted by Gasteiger charge is -2.17. The lowest BCUT2D eigenvalue weighted by Crippen LogP contribution is -2.21. The zero-order valence-electron chi connectivity index (χ0n) is 12.3. The van der Waals surface area contributed by atoms with E-state index in [1.165, 1.54) is 5.56 Å².